The number of amides is 3. The van der Waals surface area contributed by atoms with Crippen LogP contribution in [0.4, 0.5) is 16.2 Å². The molecular weight excluding hydrogens is 376 g/mol. The molecule has 29 heavy (non-hydrogen) atoms. The topological polar surface area (TPSA) is 126 Å². The SMILES string of the molecule is COc1cc(NC(=O)Nc2ccc(/C=C/C(=O)NO)cc2)ccc1-c1cnco1. The maximum Gasteiger partial charge on any atom is 0.323 e. The Bertz CT molecular complexity index is 1010. The highest BCUT2D eigenvalue weighted by Gasteiger charge is 2.11. The third-order valence-electron chi connectivity index (χ3n) is 3.86. The van der Waals surface area contributed by atoms with Crippen molar-refractivity contribution in [2.24, 2.45) is 0 Å². The minimum absolute atomic E-state index is 0.428. The standard InChI is InChI=1S/C20H18N4O5/c1-28-17-10-15(7-8-16(17)18-11-21-12-29-18)23-20(26)22-14-5-2-13(3-6-14)4-9-19(25)24-27/h2-12,27H,1H3,(H,24,25)(H2,22,23,26)/b9-4+. The Kier molecular flexibility index (Phi) is 6.23. The van der Waals surface area contributed by atoms with E-state index < -0.39 is 11.9 Å². The van der Waals surface area contributed by atoms with E-state index in [1.165, 1.54) is 31.1 Å². The van der Waals surface area contributed by atoms with Crippen molar-refractivity contribution in [3.05, 3.63) is 66.7 Å². The van der Waals surface area contributed by atoms with Gasteiger partial charge in [-0.25, -0.2) is 15.3 Å². The summed E-state index contributed by atoms with van der Waals surface area (Å²) in [6.07, 6.45) is 5.62. The van der Waals surface area contributed by atoms with Gasteiger partial charge < -0.3 is 19.8 Å². The van der Waals surface area contributed by atoms with E-state index in [1.807, 2.05) is 0 Å². The van der Waals surface area contributed by atoms with E-state index in [9.17, 15) is 9.59 Å². The van der Waals surface area contributed by atoms with Crippen LogP contribution in [0.2, 0.25) is 0 Å². The third-order valence-corrected chi connectivity index (χ3v) is 3.86. The molecule has 0 spiro atoms. The van der Waals surface area contributed by atoms with E-state index in [0.717, 1.165) is 11.1 Å². The first-order valence-corrected chi connectivity index (χ1v) is 8.46. The van der Waals surface area contributed by atoms with Gasteiger partial charge in [-0.3, -0.25) is 10.0 Å². The van der Waals surface area contributed by atoms with Crippen LogP contribution < -0.4 is 20.9 Å². The van der Waals surface area contributed by atoms with E-state index in [4.69, 9.17) is 14.4 Å². The lowest BCUT2D eigenvalue weighted by Crippen LogP contribution is -2.19. The molecule has 0 radical (unpaired) electrons. The summed E-state index contributed by atoms with van der Waals surface area (Å²) < 4.78 is 10.6. The molecule has 0 aliphatic carbocycles. The van der Waals surface area contributed by atoms with Crippen molar-refractivity contribution in [1.29, 1.82) is 0 Å². The van der Waals surface area contributed by atoms with Gasteiger partial charge in [0.1, 0.15) is 5.75 Å². The molecule has 1 aromatic heterocycles. The quantitative estimate of drug-likeness (QED) is 0.288. The monoisotopic (exact) mass is 394 g/mol. The lowest BCUT2D eigenvalue weighted by Gasteiger charge is -2.11. The number of carbonyl (C=O) groups excluding carboxylic acids is 2. The number of hydrogen-bond donors (Lipinski definition) is 4. The molecule has 0 bridgehead atoms. The molecule has 0 saturated heterocycles. The number of benzene rings is 2. The zero-order valence-corrected chi connectivity index (χ0v) is 15.4. The zero-order chi connectivity index (χ0) is 20.6. The molecule has 3 amide bonds. The molecule has 0 saturated carbocycles. The summed E-state index contributed by atoms with van der Waals surface area (Å²) in [6.45, 7) is 0. The van der Waals surface area contributed by atoms with E-state index in [0.29, 0.717) is 22.9 Å². The van der Waals surface area contributed by atoms with Gasteiger partial charge in [0.2, 0.25) is 0 Å². The first kappa shape index (κ1) is 19.6. The van der Waals surface area contributed by atoms with E-state index in [-0.39, 0.29) is 0 Å². The number of urea groups is 1. The van der Waals surface area contributed by atoms with Crippen molar-refractivity contribution in [3.8, 4) is 17.1 Å². The summed E-state index contributed by atoms with van der Waals surface area (Å²) in [6, 6.07) is 11.5. The van der Waals surface area contributed by atoms with Gasteiger partial charge in [0.05, 0.1) is 18.9 Å². The zero-order valence-electron chi connectivity index (χ0n) is 15.4. The number of hydrogen-bond acceptors (Lipinski definition) is 6. The van der Waals surface area contributed by atoms with Gasteiger partial charge in [0.15, 0.2) is 12.2 Å². The summed E-state index contributed by atoms with van der Waals surface area (Å²) in [5.74, 6) is 0.461. The molecule has 0 fully saturated rings. The average Bonchev–Trinajstić information content (AvgIpc) is 3.27. The summed E-state index contributed by atoms with van der Waals surface area (Å²) >= 11 is 0. The second-order valence-electron chi connectivity index (χ2n) is 5.79. The van der Waals surface area contributed by atoms with E-state index >= 15 is 0 Å². The van der Waals surface area contributed by atoms with Crippen LogP contribution in [0.5, 0.6) is 5.75 Å². The van der Waals surface area contributed by atoms with E-state index in [2.05, 4.69) is 15.6 Å². The number of hydroxylamine groups is 1. The summed E-state index contributed by atoms with van der Waals surface area (Å²) in [4.78, 5) is 27.1. The van der Waals surface area contributed by atoms with Crippen molar-refractivity contribution in [3.63, 3.8) is 0 Å². The number of anilines is 2. The Morgan fingerprint density at radius 2 is 1.83 bits per heavy atom. The normalized spacial score (nSPS) is 10.6. The Morgan fingerprint density at radius 3 is 2.48 bits per heavy atom. The van der Waals surface area contributed by atoms with Crippen LogP contribution in [-0.2, 0) is 4.79 Å². The molecule has 0 unspecified atom stereocenters. The second-order valence-corrected chi connectivity index (χ2v) is 5.79. The number of aromatic nitrogens is 1. The largest absolute Gasteiger partial charge is 0.496 e. The van der Waals surface area contributed by atoms with Crippen LogP contribution in [0, 0.1) is 0 Å². The van der Waals surface area contributed by atoms with Crippen LogP contribution in [0.3, 0.4) is 0 Å². The van der Waals surface area contributed by atoms with Crippen molar-refractivity contribution in [1.82, 2.24) is 10.5 Å². The first-order chi connectivity index (χ1) is 14.1. The number of rotatable bonds is 6. The van der Waals surface area contributed by atoms with Gasteiger partial charge in [-0.1, -0.05) is 12.1 Å². The van der Waals surface area contributed by atoms with Crippen molar-refractivity contribution >= 4 is 29.4 Å². The van der Waals surface area contributed by atoms with Gasteiger partial charge in [-0.15, -0.1) is 0 Å². The van der Waals surface area contributed by atoms with Crippen molar-refractivity contribution in [2.75, 3.05) is 17.7 Å². The Labute approximate surface area is 166 Å². The van der Waals surface area contributed by atoms with Crippen LogP contribution in [-0.4, -0.2) is 29.2 Å². The fourth-order valence-corrected chi connectivity index (χ4v) is 2.50. The summed E-state index contributed by atoms with van der Waals surface area (Å²) in [5.41, 5.74) is 4.06. The predicted octanol–water partition coefficient (Wildman–Crippen LogP) is 3.51. The lowest BCUT2D eigenvalue weighted by molar-refractivity contribution is -0.124. The number of carbonyl (C=O) groups is 2. The molecule has 148 valence electrons. The van der Waals surface area contributed by atoms with Gasteiger partial charge in [-0.05, 0) is 35.9 Å². The molecule has 9 nitrogen and oxygen atoms in total. The van der Waals surface area contributed by atoms with Crippen molar-refractivity contribution in [2.45, 2.75) is 0 Å². The average molecular weight is 394 g/mol. The first-order valence-electron chi connectivity index (χ1n) is 8.46. The molecule has 0 atom stereocenters. The molecule has 3 aromatic rings. The maximum absolute atomic E-state index is 12.2. The number of oxazole rings is 1. The molecule has 9 heteroatoms. The van der Waals surface area contributed by atoms with Crippen molar-refractivity contribution < 1.29 is 24.0 Å². The van der Waals surface area contributed by atoms with Crippen LogP contribution in [0.15, 0.2) is 65.5 Å². The predicted molar refractivity (Wildman–Crippen MR) is 107 cm³/mol. The number of ether oxygens (including phenoxy) is 1. The van der Waals surface area contributed by atoms with Gasteiger partial charge in [-0.2, -0.15) is 0 Å². The smallest absolute Gasteiger partial charge is 0.323 e. The third kappa shape index (κ3) is 5.21. The van der Waals surface area contributed by atoms with Gasteiger partial charge >= 0.3 is 6.03 Å². The Hall–Kier alpha value is -4.11. The summed E-state index contributed by atoms with van der Waals surface area (Å²) in [5, 5.41) is 13.9. The molecule has 2 aromatic carbocycles. The maximum atomic E-state index is 12.2. The summed E-state index contributed by atoms with van der Waals surface area (Å²) in [7, 11) is 1.53. The number of methoxy groups -OCH3 is 1. The minimum atomic E-state index is -0.628. The molecule has 3 rings (SSSR count). The highest BCUT2D eigenvalue weighted by molar-refractivity contribution is 6.00. The van der Waals surface area contributed by atoms with Gasteiger partial charge in [0, 0.05) is 23.5 Å². The molecular formula is C20H18N4O5. The number of nitrogens with one attached hydrogen (secondary N) is 3. The highest BCUT2D eigenvalue weighted by Crippen LogP contribution is 2.32. The van der Waals surface area contributed by atoms with Gasteiger partial charge in [0.25, 0.3) is 5.91 Å². The van der Waals surface area contributed by atoms with Crippen LogP contribution >= 0.6 is 0 Å². The lowest BCUT2D eigenvalue weighted by atomic mass is 10.1. The second kappa shape index (κ2) is 9.20. The minimum Gasteiger partial charge on any atom is -0.496 e. The number of nitrogens with zero attached hydrogens (tertiary/aromatic N) is 1. The fraction of sp³-hybridized carbons (Fsp3) is 0.0500. The van der Waals surface area contributed by atoms with Crippen LogP contribution in [0.1, 0.15) is 5.56 Å². The Morgan fingerprint density at radius 1 is 1.10 bits per heavy atom. The molecule has 1 heterocycles. The van der Waals surface area contributed by atoms with E-state index in [1.54, 1.807) is 48.7 Å². The molecule has 4 N–H and O–H groups in total. The highest BCUT2D eigenvalue weighted by atomic mass is 16.5. The Balaban J connectivity index is 1.63. The fourth-order valence-electron chi connectivity index (χ4n) is 2.50. The molecule has 0 aliphatic heterocycles. The molecule has 0 aliphatic rings. The van der Waals surface area contributed by atoms with Crippen LogP contribution in [0.25, 0.3) is 17.4 Å².